The Morgan fingerprint density at radius 1 is 1.31 bits per heavy atom. The van der Waals surface area contributed by atoms with Crippen LogP contribution in [-0.2, 0) is 5.60 Å². The lowest BCUT2D eigenvalue weighted by molar-refractivity contribution is 0.0364. The van der Waals surface area contributed by atoms with Crippen LogP contribution in [0.3, 0.4) is 0 Å². The van der Waals surface area contributed by atoms with Gasteiger partial charge in [0.1, 0.15) is 0 Å². The van der Waals surface area contributed by atoms with Crippen molar-refractivity contribution in [3.05, 3.63) is 34.9 Å². The largest absolute Gasteiger partial charge is 0.385 e. The van der Waals surface area contributed by atoms with Crippen LogP contribution in [0.5, 0.6) is 0 Å². The van der Waals surface area contributed by atoms with E-state index < -0.39 is 17.2 Å². The van der Waals surface area contributed by atoms with E-state index in [-0.39, 0.29) is 11.1 Å². The first-order chi connectivity index (χ1) is 7.44. The molecule has 1 aliphatic rings. The Balaban J connectivity index is 2.45. The molecule has 1 fully saturated rings. The fourth-order valence-electron chi connectivity index (χ4n) is 2.52. The maximum Gasteiger partial charge on any atom is 0.165 e. The smallest absolute Gasteiger partial charge is 0.165 e. The third-order valence-corrected chi connectivity index (χ3v) is 3.51. The molecule has 1 aromatic rings. The van der Waals surface area contributed by atoms with Gasteiger partial charge >= 0.3 is 0 Å². The van der Waals surface area contributed by atoms with Gasteiger partial charge in [-0.3, -0.25) is 0 Å². The Hall–Kier alpha value is -0.960. The van der Waals surface area contributed by atoms with Gasteiger partial charge < -0.3 is 5.11 Å². The number of halogens is 2. The quantitative estimate of drug-likeness (QED) is 0.779. The van der Waals surface area contributed by atoms with Gasteiger partial charge in [-0.05, 0) is 37.7 Å². The summed E-state index contributed by atoms with van der Waals surface area (Å²) in [7, 11) is 0. The Morgan fingerprint density at radius 2 is 2.00 bits per heavy atom. The molecule has 0 radical (unpaired) electrons. The normalized spacial score (nSPS) is 29.7. The predicted molar refractivity (Wildman–Crippen MR) is 58.0 cm³/mol. The lowest BCUT2D eigenvalue weighted by Gasteiger charge is -2.24. The van der Waals surface area contributed by atoms with Crippen molar-refractivity contribution in [3.63, 3.8) is 0 Å². The van der Waals surface area contributed by atoms with Gasteiger partial charge in [0.2, 0.25) is 0 Å². The Bertz CT molecular complexity index is 417. The standard InChI is InChI=1S/C13H16F2O/c1-8-5-6-13(16,7-8)10-4-3-9(2)11(14)12(10)15/h3-4,8,16H,5-7H2,1-2H3. The van der Waals surface area contributed by atoms with Crippen LogP contribution in [0.15, 0.2) is 12.1 Å². The van der Waals surface area contributed by atoms with Crippen LogP contribution in [0.1, 0.15) is 37.3 Å². The summed E-state index contributed by atoms with van der Waals surface area (Å²) in [4.78, 5) is 0. The lowest BCUT2D eigenvalue weighted by Crippen LogP contribution is -2.24. The summed E-state index contributed by atoms with van der Waals surface area (Å²) in [5, 5.41) is 10.3. The fraction of sp³-hybridized carbons (Fsp3) is 0.538. The Kier molecular flexibility index (Phi) is 2.74. The van der Waals surface area contributed by atoms with E-state index in [2.05, 4.69) is 0 Å². The number of rotatable bonds is 1. The zero-order valence-corrected chi connectivity index (χ0v) is 9.56. The summed E-state index contributed by atoms with van der Waals surface area (Å²) in [6.45, 7) is 3.53. The minimum atomic E-state index is -1.18. The molecule has 0 amide bonds. The summed E-state index contributed by atoms with van der Waals surface area (Å²) in [6.07, 6.45) is 1.87. The van der Waals surface area contributed by atoms with E-state index >= 15 is 0 Å². The SMILES string of the molecule is Cc1ccc(C2(O)CCC(C)C2)c(F)c1F. The summed E-state index contributed by atoms with van der Waals surface area (Å²) < 4.78 is 27.2. The average Bonchev–Trinajstić information content (AvgIpc) is 2.56. The fourth-order valence-corrected chi connectivity index (χ4v) is 2.52. The molecule has 2 rings (SSSR count). The third kappa shape index (κ3) is 1.73. The summed E-state index contributed by atoms with van der Waals surface area (Å²) in [5.41, 5.74) is -0.797. The molecular weight excluding hydrogens is 210 g/mol. The van der Waals surface area contributed by atoms with E-state index in [4.69, 9.17) is 0 Å². The molecule has 1 saturated carbocycles. The second-order valence-electron chi connectivity index (χ2n) is 4.94. The van der Waals surface area contributed by atoms with Gasteiger partial charge in [0.05, 0.1) is 5.60 Å². The molecule has 0 aromatic heterocycles. The van der Waals surface area contributed by atoms with Gasteiger partial charge in [0, 0.05) is 5.56 Å². The molecule has 2 atom stereocenters. The number of hydrogen-bond donors (Lipinski definition) is 1. The maximum absolute atomic E-state index is 13.8. The van der Waals surface area contributed by atoms with Gasteiger partial charge in [-0.15, -0.1) is 0 Å². The van der Waals surface area contributed by atoms with Crippen molar-refractivity contribution in [2.75, 3.05) is 0 Å². The first-order valence-electron chi connectivity index (χ1n) is 5.61. The first kappa shape index (κ1) is 11.5. The molecule has 0 saturated heterocycles. The van der Waals surface area contributed by atoms with Gasteiger partial charge in [-0.25, -0.2) is 8.78 Å². The second kappa shape index (κ2) is 3.81. The molecule has 0 aliphatic heterocycles. The molecule has 1 N–H and O–H groups in total. The van der Waals surface area contributed by atoms with Crippen LogP contribution >= 0.6 is 0 Å². The molecule has 1 aromatic carbocycles. The van der Waals surface area contributed by atoms with Crippen molar-refractivity contribution in [1.29, 1.82) is 0 Å². The van der Waals surface area contributed by atoms with E-state index in [1.54, 1.807) is 0 Å². The topological polar surface area (TPSA) is 20.2 Å². The van der Waals surface area contributed by atoms with Gasteiger partial charge in [0.15, 0.2) is 11.6 Å². The summed E-state index contributed by atoms with van der Waals surface area (Å²) in [6, 6.07) is 3.03. The molecule has 1 nitrogen and oxygen atoms in total. The molecule has 0 spiro atoms. The molecular formula is C13H16F2O. The number of aryl methyl sites for hydroxylation is 1. The second-order valence-corrected chi connectivity index (χ2v) is 4.94. The highest BCUT2D eigenvalue weighted by Gasteiger charge is 2.39. The highest BCUT2D eigenvalue weighted by Crippen LogP contribution is 2.43. The predicted octanol–water partition coefficient (Wildman–Crippen LogP) is 3.28. The van der Waals surface area contributed by atoms with Crippen molar-refractivity contribution >= 4 is 0 Å². The van der Waals surface area contributed by atoms with Crippen molar-refractivity contribution in [3.8, 4) is 0 Å². The third-order valence-electron chi connectivity index (χ3n) is 3.51. The molecule has 1 aliphatic carbocycles. The summed E-state index contributed by atoms with van der Waals surface area (Å²) in [5.74, 6) is -1.38. The van der Waals surface area contributed by atoms with E-state index in [0.717, 1.165) is 6.42 Å². The highest BCUT2D eigenvalue weighted by molar-refractivity contribution is 5.30. The van der Waals surface area contributed by atoms with E-state index in [1.807, 2.05) is 6.92 Å². The zero-order valence-electron chi connectivity index (χ0n) is 9.56. The number of benzene rings is 1. The molecule has 0 heterocycles. The minimum Gasteiger partial charge on any atom is -0.385 e. The molecule has 16 heavy (non-hydrogen) atoms. The van der Waals surface area contributed by atoms with Crippen LogP contribution < -0.4 is 0 Å². The Morgan fingerprint density at radius 3 is 2.56 bits per heavy atom. The van der Waals surface area contributed by atoms with E-state index in [1.165, 1.54) is 19.1 Å². The van der Waals surface area contributed by atoms with Gasteiger partial charge in [-0.1, -0.05) is 19.1 Å². The number of hydrogen-bond acceptors (Lipinski definition) is 1. The van der Waals surface area contributed by atoms with Crippen LogP contribution in [-0.4, -0.2) is 5.11 Å². The van der Waals surface area contributed by atoms with Crippen LogP contribution in [0.25, 0.3) is 0 Å². The minimum absolute atomic E-state index is 0.111. The summed E-state index contributed by atoms with van der Waals surface area (Å²) >= 11 is 0. The monoisotopic (exact) mass is 226 g/mol. The van der Waals surface area contributed by atoms with Crippen molar-refractivity contribution in [2.45, 2.75) is 38.7 Å². The first-order valence-corrected chi connectivity index (χ1v) is 5.61. The van der Waals surface area contributed by atoms with E-state index in [9.17, 15) is 13.9 Å². The molecule has 2 unspecified atom stereocenters. The maximum atomic E-state index is 13.8. The van der Waals surface area contributed by atoms with Gasteiger partial charge in [-0.2, -0.15) is 0 Å². The van der Waals surface area contributed by atoms with Crippen molar-refractivity contribution in [1.82, 2.24) is 0 Å². The van der Waals surface area contributed by atoms with Crippen molar-refractivity contribution < 1.29 is 13.9 Å². The zero-order chi connectivity index (χ0) is 11.9. The highest BCUT2D eigenvalue weighted by atomic mass is 19.2. The average molecular weight is 226 g/mol. The van der Waals surface area contributed by atoms with Crippen LogP contribution in [0.4, 0.5) is 8.78 Å². The molecule has 3 heteroatoms. The Labute approximate surface area is 94.1 Å². The van der Waals surface area contributed by atoms with Gasteiger partial charge in [0.25, 0.3) is 0 Å². The van der Waals surface area contributed by atoms with E-state index in [0.29, 0.717) is 18.8 Å². The van der Waals surface area contributed by atoms with Crippen LogP contribution in [0, 0.1) is 24.5 Å². The van der Waals surface area contributed by atoms with Crippen LogP contribution in [0.2, 0.25) is 0 Å². The molecule has 88 valence electrons. The lowest BCUT2D eigenvalue weighted by atomic mass is 9.90. The molecule has 0 bridgehead atoms. The van der Waals surface area contributed by atoms with Crippen molar-refractivity contribution in [2.24, 2.45) is 5.92 Å². The number of aliphatic hydroxyl groups is 1.